The van der Waals surface area contributed by atoms with Crippen LogP contribution in [0.5, 0.6) is 0 Å². The van der Waals surface area contributed by atoms with Crippen molar-refractivity contribution in [2.75, 3.05) is 6.61 Å². The van der Waals surface area contributed by atoms with Gasteiger partial charge in [-0.05, 0) is 6.42 Å². The maximum atomic E-state index is 5.11. The smallest absolute Gasteiger partial charge is 0.0873 e. The topological polar surface area (TPSA) is 9.23 Å². The Hall–Kier alpha value is -0.460. The zero-order chi connectivity index (χ0) is 14.7. The quantitative estimate of drug-likeness (QED) is 0.206. The molecule has 0 aliphatic rings. The third-order valence-corrected chi connectivity index (χ3v) is 3.98. The predicted octanol–water partition coefficient (Wildman–Crippen LogP) is 7.02. The van der Waals surface area contributed by atoms with Gasteiger partial charge in [0.2, 0.25) is 0 Å². The number of ether oxygens (including phenoxy) is 1. The second kappa shape index (κ2) is 18.5. The molecule has 0 N–H and O–H groups in total. The number of rotatable bonds is 17. The van der Waals surface area contributed by atoms with Gasteiger partial charge in [-0.25, -0.2) is 0 Å². The highest BCUT2D eigenvalue weighted by Gasteiger charge is 1.94. The van der Waals surface area contributed by atoms with Gasteiger partial charge >= 0.3 is 0 Å². The van der Waals surface area contributed by atoms with E-state index in [1.165, 1.54) is 96.3 Å². The Bertz CT molecular complexity index is 177. The van der Waals surface area contributed by atoms with Crippen molar-refractivity contribution in [2.24, 2.45) is 0 Å². The fourth-order valence-electron chi connectivity index (χ4n) is 2.64. The van der Waals surface area contributed by atoms with E-state index in [4.69, 9.17) is 4.74 Å². The summed E-state index contributed by atoms with van der Waals surface area (Å²) in [5, 5.41) is 0. The van der Waals surface area contributed by atoms with Crippen molar-refractivity contribution >= 4 is 0 Å². The highest BCUT2D eigenvalue weighted by molar-refractivity contribution is 4.51. The predicted molar refractivity (Wildman–Crippen MR) is 91.1 cm³/mol. The molecule has 0 heterocycles. The summed E-state index contributed by atoms with van der Waals surface area (Å²) in [6, 6.07) is 0. The van der Waals surface area contributed by atoms with Crippen molar-refractivity contribution in [3.8, 4) is 0 Å². The lowest BCUT2D eigenvalue weighted by molar-refractivity contribution is 0.241. The van der Waals surface area contributed by atoms with Crippen LogP contribution in [0.3, 0.4) is 0 Å². The van der Waals surface area contributed by atoms with Crippen LogP contribution in [0.1, 0.15) is 103 Å². The first-order valence-corrected chi connectivity index (χ1v) is 9.14. The highest BCUT2D eigenvalue weighted by Crippen LogP contribution is 2.13. The van der Waals surface area contributed by atoms with Crippen LogP contribution in [0.25, 0.3) is 0 Å². The van der Waals surface area contributed by atoms with Crippen LogP contribution in [0, 0.1) is 0 Å². The Labute approximate surface area is 128 Å². The molecule has 0 atom stereocenters. The molecule has 0 unspecified atom stereocenters. The standard InChI is InChI=1S/C19H38O/c1-3-5-6-7-8-9-10-11-12-13-14-15-16-17-18-19-20-4-2/h4H,2-3,5-19H2,1H3. The number of hydrogen-bond acceptors (Lipinski definition) is 1. The molecule has 0 bridgehead atoms. The molecule has 0 aliphatic heterocycles. The first kappa shape index (κ1) is 19.5. The minimum absolute atomic E-state index is 0.849. The van der Waals surface area contributed by atoms with Crippen LogP contribution in [0.15, 0.2) is 12.8 Å². The van der Waals surface area contributed by atoms with Crippen LogP contribution in [-0.2, 0) is 4.74 Å². The van der Waals surface area contributed by atoms with Gasteiger partial charge in [0.1, 0.15) is 0 Å². The second-order valence-electron chi connectivity index (χ2n) is 5.99. The Morgan fingerprint density at radius 3 is 1.30 bits per heavy atom. The molecule has 1 heteroatoms. The zero-order valence-corrected chi connectivity index (χ0v) is 14.0. The summed E-state index contributed by atoms with van der Waals surface area (Å²) in [6.45, 7) is 6.68. The lowest BCUT2D eigenvalue weighted by Gasteiger charge is -2.03. The van der Waals surface area contributed by atoms with Crippen LogP contribution >= 0.6 is 0 Å². The molecule has 0 spiro atoms. The van der Waals surface area contributed by atoms with Crippen LogP contribution in [-0.4, -0.2) is 6.61 Å². The summed E-state index contributed by atoms with van der Waals surface area (Å²) in [6.07, 6.45) is 22.7. The molecule has 0 saturated carbocycles. The molecule has 0 saturated heterocycles. The van der Waals surface area contributed by atoms with E-state index in [9.17, 15) is 0 Å². The van der Waals surface area contributed by atoms with Gasteiger partial charge < -0.3 is 4.74 Å². The summed E-state index contributed by atoms with van der Waals surface area (Å²) < 4.78 is 5.11. The first-order chi connectivity index (χ1) is 9.91. The largest absolute Gasteiger partial charge is 0.502 e. The Kier molecular flexibility index (Phi) is 18.1. The molecule has 20 heavy (non-hydrogen) atoms. The van der Waals surface area contributed by atoms with Crippen LogP contribution in [0.4, 0.5) is 0 Å². The molecular formula is C19H38O. The van der Waals surface area contributed by atoms with Gasteiger partial charge in [0.25, 0.3) is 0 Å². The fourth-order valence-corrected chi connectivity index (χ4v) is 2.64. The molecule has 0 aromatic carbocycles. The zero-order valence-electron chi connectivity index (χ0n) is 14.0. The third kappa shape index (κ3) is 17.5. The van der Waals surface area contributed by atoms with Crippen molar-refractivity contribution in [1.82, 2.24) is 0 Å². The van der Waals surface area contributed by atoms with E-state index in [-0.39, 0.29) is 0 Å². The molecule has 0 fully saturated rings. The van der Waals surface area contributed by atoms with Crippen molar-refractivity contribution < 1.29 is 4.74 Å². The molecule has 0 amide bonds. The summed E-state index contributed by atoms with van der Waals surface area (Å²) in [7, 11) is 0. The van der Waals surface area contributed by atoms with Gasteiger partial charge in [-0.3, -0.25) is 0 Å². The van der Waals surface area contributed by atoms with Crippen molar-refractivity contribution in [2.45, 2.75) is 103 Å². The molecule has 0 aliphatic carbocycles. The van der Waals surface area contributed by atoms with Crippen molar-refractivity contribution in [1.29, 1.82) is 0 Å². The van der Waals surface area contributed by atoms with E-state index in [0.29, 0.717) is 0 Å². The van der Waals surface area contributed by atoms with Gasteiger partial charge in [-0.1, -0.05) is 103 Å². The van der Waals surface area contributed by atoms with Crippen LogP contribution in [0.2, 0.25) is 0 Å². The summed E-state index contributed by atoms with van der Waals surface area (Å²) in [4.78, 5) is 0. The minimum Gasteiger partial charge on any atom is -0.502 e. The van der Waals surface area contributed by atoms with Crippen LogP contribution < -0.4 is 0 Å². The summed E-state index contributed by atoms with van der Waals surface area (Å²) in [5.74, 6) is 0. The summed E-state index contributed by atoms with van der Waals surface area (Å²) in [5.41, 5.74) is 0. The van der Waals surface area contributed by atoms with Gasteiger partial charge in [0.05, 0.1) is 12.9 Å². The fraction of sp³-hybridized carbons (Fsp3) is 0.895. The maximum absolute atomic E-state index is 5.11. The third-order valence-electron chi connectivity index (χ3n) is 3.98. The SMILES string of the molecule is C=COCCCCCCCCCCCCCCCCC. The molecular weight excluding hydrogens is 244 g/mol. The number of unbranched alkanes of at least 4 members (excludes halogenated alkanes) is 14. The lowest BCUT2D eigenvalue weighted by atomic mass is 10.0. The minimum atomic E-state index is 0.849. The molecule has 1 nitrogen and oxygen atoms in total. The van der Waals surface area contributed by atoms with E-state index in [1.807, 2.05) is 0 Å². The van der Waals surface area contributed by atoms with Gasteiger partial charge in [-0.15, -0.1) is 0 Å². The van der Waals surface area contributed by atoms with E-state index in [1.54, 1.807) is 6.26 Å². The molecule has 0 rings (SSSR count). The van der Waals surface area contributed by atoms with E-state index < -0.39 is 0 Å². The average Bonchev–Trinajstić information content (AvgIpc) is 2.47. The van der Waals surface area contributed by atoms with E-state index in [2.05, 4.69) is 13.5 Å². The molecule has 120 valence electrons. The molecule has 0 aromatic heterocycles. The van der Waals surface area contributed by atoms with Gasteiger partial charge in [0.15, 0.2) is 0 Å². The van der Waals surface area contributed by atoms with E-state index in [0.717, 1.165) is 6.61 Å². The molecule has 0 aromatic rings. The monoisotopic (exact) mass is 282 g/mol. The first-order valence-electron chi connectivity index (χ1n) is 9.14. The van der Waals surface area contributed by atoms with Gasteiger partial charge in [0, 0.05) is 0 Å². The van der Waals surface area contributed by atoms with Crippen molar-refractivity contribution in [3.05, 3.63) is 12.8 Å². The Morgan fingerprint density at radius 1 is 0.600 bits per heavy atom. The van der Waals surface area contributed by atoms with E-state index >= 15 is 0 Å². The Balaban J connectivity index is 2.90. The van der Waals surface area contributed by atoms with Crippen molar-refractivity contribution in [3.63, 3.8) is 0 Å². The lowest BCUT2D eigenvalue weighted by Crippen LogP contribution is -1.87. The molecule has 0 radical (unpaired) electrons. The average molecular weight is 283 g/mol. The highest BCUT2D eigenvalue weighted by atomic mass is 16.5. The van der Waals surface area contributed by atoms with Gasteiger partial charge in [-0.2, -0.15) is 0 Å². The number of hydrogen-bond donors (Lipinski definition) is 0. The second-order valence-corrected chi connectivity index (χ2v) is 5.99. The Morgan fingerprint density at radius 2 is 0.950 bits per heavy atom. The normalized spacial score (nSPS) is 10.7. The summed E-state index contributed by atoms with van der Waals surface area (Å²) >= 11 is 0. The maximum Gasteiger partial charge on any atom is 0.0873 e.